The monoisotopic (exact) mass is 405 g/mol. The molecule has 0 aliphatic rings. The number of hydrogen-bond donors (Lipinski definition) is 1. The number of carbonyl (C=O) groups is 1. The van der Waals surface area contributed by atoms with Crippen LogP contribution in [0.15, 0.2) is 60.9 Å². The quantitative estimate of drug-likeness (QED) is 0.459. The highest BCUT2D eigenvalue weighted by Gasteiger charge is 2.30. The lowest BCUT2D eigenvalue weighted by Crippen LogP contribution is -2.12. The van der Waals surface area contributed by atoms with Crippen LogP contribution in [0.4, 0.5) is 23.2 Å². The summed E-state index contributed by atoms with van der Waals surface area (Å²) < 4.78 is 52.6. The molecule has 1 amide bonds. The zero-order valence-corrected chi connectivity index (χ0v) is 14.8. The maximum absolute atomic E-state index is 12.9. The SMILES string of the molecule is O=C(Nc1ccc(F)cc1)c1cn2cc(-c3ccc(C(F)(F)F)cc3)sc2n1. The Balaban J connectivity index is 1.54. The molecule has 0 aliphatic heterocycles. The summed E-state index contributed by atoms with van der Waals surface area (Å²) in [6, 6.07) is 10.2. The van der Waals surface area contributed by atoms with Crippen molar-refractivity contribution >= 4 is 27.9 Å². The fourth-order valence-corrected chi connectivity index (χ4v) is 3.56. The van der Waals surface area contributed by atoms with Crippen LogP contribution in [0.5, 0.6) is 0 Å². The van der Waals surface area contributed by atoms with Gasteiger partial charge in [-0.25, -0.2) is 9.37 Å². The summed E-state index contributed by atoms with van der Waals surface area (Å²) in [6.07, 6.45) is -1.15. The Morgan fingerprint density at radius 1 is 1.00 bits per heavy atom. The zero-order chi connectivity index (χ0) is 19.9. The highest BCUT2D eigenvalue weighted by Crippen LogP contribution is 2.33. The van der Waals surface area contributed by atoms with Crippen molar-refractivity contribution in [2.24, 2.45) is 0 Å². The van der Waals surface area contributed by atoms with Gasteiger partial charge in [0.1, 0.15) is 11.5 Å². The van der Waals surface area contributed by atoms with E-state index in [1.807, 2.05) is 0 Å². The van der Waals surface area contributed by atoms with Crippen molar-refractivity contribution in [1.82, 2.24) is 9.38 Å². The fraction of sp³-hybridized carbons (Fsp3) is 0.0526. The van der Waals surface area contributed by atoms with Crippen molar-refractivity contribution in [2.45, 2.75) is 6.18 Å². The lowest BCUT2D eigenvalue weighted by molar-refractivity contribution is -0.137. The predicted molar refractivity (Wildman–Crippen MR) is 97.9 cm³/mol. The van der Waals surface area contributed by atoms with Crippen LogP contribution < -0.4 is 5.32 Å². The molecule has 4 rings (SSSR count). The minimum absolute atomic E-state index is 0.176. The summed E-state index contributed by atoms with van der Waals surface area (Å²) in [4.78, 5) is 17.8. The smallest absolute Gasteiger partial charge is 0.321 e. The molecule has 0 aliphatic carbocycles. The van der Waals surface area contributed by atoms with Crippen molar-refractivity contribution < 1.29 is 22.4 Å². The summed E-state index contributed by atoms with van der Waals surface area (Å²) in [6.45, 7) is 0. The normalized spacial score (nSPS) is 11.7. The number of hydrogen-bond acceptors (Lipinski definition) is 3. The number of aromatic nitrogens is 2. The molecule has 0 saturated heterocycles. The van der Waals surface area contributed by atoms with E-state index in [2.05, 4.69) is 10.3 Å². The standard InChI is InChI=1S/C19H11F4N3OS/c20-13-5-7-14(8-6-13)24-17(27)15-9-26-10-16(28-18(26)25-15)11-1-3-12(4-2-11)19(21,22)23/h1-10H,(H,24,27). The van der Waals surface area contributed by atoms with Gasteiger partial charge < -0.3 is 5.32 Å². The molecule has 2 aromatic carbocycles. The average molecular weight is 405 g/mol. The highest BCUT2D eigenvalue weighted by molar-refractivity contribution is 7.20. The van der Waals surface area contributed by atoms with Crippen molar-refractivity contribution in [1.29, 1.82) is 0 Å². The summed E-state index contributed by atoms with van der Waals surface area (Å²) in [5, 5.41) is 2.62. The van der Waals surface area contributed by atoms with Crippen LogP contribution in [-0.2, 0) is 6.18 Å². The predicted octanol–water partition coefficient (Wildman–Crippen LogP) is 5.47. The van der Waals surface area contributed by atoms with Gasteiger partial charge in [-0.1, -0.05) is 23.5 Å². The summed E-state index contributed by atoms with van der Waals surface area (Å²) in [5.41, 5.74) is 0.529. The number of halogens is 4. The molecule has 0 radical (unpaired) electrons. The number of rotatable bonds is 3. The molecule has 0 bridgehead atoms. The molecule has 0 saturated carbocycles. The van der Waals surface area contributed by atoms with Gasteiger partial charge in [-0.05, 0) is 42.0 Å². The number of benzene rings is 2. The van der Waals surface area contributed by atoms with E-state index >= 15 is 0 Å². The Morgan fingerprint density at radius 2 is 1.68 bits per heavy atom. The molecule has 9 heteroatoms. The first-order chi connectivity index (χ1) is 13.3. The molecular weight excluding hydrogens is 394 g/mol. The van der Waals surface area contributed by atoms with E-state index in [4.69, 9.17) is 0 Å². The molecular formula is C19H11F4N3OS. The van der Waals surface area contributed by atoms with Crippen molar-refractivity contribution in [3.05, 3.63) is 78.0 Å². The van der Waals surface area contributed by atoms with Crippen LogP contribution in [0.3, 0.4) is 0 Å². The summed E-state index contributed by atoms with van der Waals surface area (Å²) >= 11 is 1.25. The van der Waals surface area contributed by atoms with Gasteiger partial charge >= 0.3 is 6.18 Å². The van der Waals surface area contributed by atoms with Gasteiger partial charge in [0.25, 0.3) is 5.91 Å². The van der Waals surface area contributed by atoms with Crippen LogP contribution in [0, 0.1) is 5.82 Å². The Labute approximate surface area is 160 Å². The van der Waals surface area contributed by atoms with Gasteiger partial charge in [0, 0.05) is 18.1 Å². The Hall–Kier alpha value is -3.20. The topological polar surface area (TPSA) is 46.4 Å². The molecule has 0 fully saturated rings. The Morgan fingerprint density at radius 3 is 2.29 bits per heavy atom. The lowest BCUT2D eigenvalue weighted by atomic mass is 10.1. The van der Waals surface area contributed by atoms with Crippen LogP contribution in [0.2, 0.25) is 0 Å². The van der Waals surface area contributed by atoms with Crippen LogP contribution in [0.25, 0.3) is 15.4 Å². The first-order valence-corrected chi connectivity index (χ1v) is 8.84. The van der Waals surface area contributed by atoms with Crippen LogP contribution >= 0.6 is 11.3 Å². The van der Waals surface area contributed by atoms with Gasteiger partial charge in [0.15, 0.2) is 4.96 Å². The highest BCUT2D eigenvalue weighted by atomic mass is 32.1. The third-order valence-corrected chi connectivity index (χ3v) is 5.03. The number of thiazole rings is 1. The van der Waals surface area contributed by atoms with E-state index in [0.717, 1.165) is 17.0 Å². The van der Waals surface area contributed by atoms with E-state index in [-0.39, 0.29) is 5.69 Å². The Bertz CT molecular complexity index is 1110. The molecule has 4 nitrogen and oxygen atoms in total. The second-order valence-electron chi connectivity index (χ2n) is 5.95. The van der Waals surface area contributed by atoms with E-state index in [9.17, 15) is 22.4 Å². The number of fused-ring (bicyclic) bond motifs is 1. The van der Waals surface area contributed by atoms with Crippen LogP contribution in [-0.4, -0.2) is 15.3 Å². The molecule has 2 heterocycles. The first-order valence-electron chi connectivity index (χ1n) is 8.03. The molecule has 28 heavy (non-hydrogen) atoms. The number of imidazole rings is 1. The first kappa shape index (κ1) is 18.2. The lowest BCUT2D eigenvalue weighted by Gasteiger charge is -2.06. The van der Waals surface area contributed by atoms with Gasteiger partial charge in [0.05, 0.1) is 10.4 Å². The molecule has 142 valence electrons. The molecule has 0 spiro atoms. The number of nitrogens with one attached hydrogen (secondary N) is 1. The molecule has 1 N–H and O–H groups in total. The van der Waals surface area contributed by atoms with Gasteiger partial charge in [-0.15, -0.1) is 0 Å². The second-order valence-corrected chi connectivity index (χ2v) is 6.96. The third-order valence-electron chi connectivity index (χ3n) is 3.99. The van der Waals surface area contributed by atoms with Gasteiger partial charge in [-0.3, -0.25) is 9.20 Å². The summed E-state index contributed by atoms with van der Waals surface area (Å²) in [7, 11) is 0. The molecule has 4 aromatic rings. The number of nitrogens with zero attached hydrogens (tertiary/aromatic N) is 2. The number of amides is 1. The largest absolute Gasteiger partial charge is 0.416 e. The summed E-state index contributed by atoms with van der Waals surface area (Å²) in [5.74, 6) is -0.852. The van der Waals surface area contributed by atoms with Gasteiger partial charge in [-0.2, -0.15) is 13.2 Å². The van der Waals surface area contributed by atoms with Gasteiger partial charge in [0.2, 0.25) is 0 Å². The molecule has 0 atom stereocenters. The molecule has 2 aromatic heterocycles. The van der Waals surface area contributed by atoms with E-state index in [1.165, 1.54) is 53.9 Å². The maximum Gasteiger partial charge on any atom is 0.416 e. The average Bonchev–Trinajstić information content (AvgIpc) is 3.22. The third kappa shape index (κ3) is 3.61. The number of carbonyl (C=O) groups excluding carboxylic acids is 1. The molecule has 0 unspecified atom stereocenters. The fourth-order valence-electron chi connectivity index (χ4n) is 2.59. The zero-order valence-electron chi connectivity index (χ0n) is 14.0. The van der Waals surface area contributed by atoms with E-state index in [0.29, 0.717) is 16.2 Å². The van der Waals surface area contributed by atoms with Crippen molar-refractivity contribution in [3.8, 4) is 10.4 Å². The van der Waals surface area contributed by atoms with Crippen LogP contribution in [0.1, 0.15) is 16.1 Å². The minimum Gasteiger partial charge on any atom is -0.321 e. The number of anilines is 1. The number of alkyl halides is 3. The maximum atomic E-state index is 12.9. The van der Waals surface area contributed by atoms with E-state index in [1.54, 1.807) is 10.6 Å². The van der Waals surface area contributed by atoms with E-state index < -0.39 is 23.5 Å². The van der Waals surface area contributed by atoms with Crippen molar-refractivity contribution in [3.63, 3.8) is 0 Å². The van der Waals surface area contributed by atoms with Crippen molar-refractivity contribution in [2.75, 3.05) is 5.32 Å². The Kier molecular flexibility index (Phi) is 4.38. The second kappa shape index (κ2) is 6.75. The minimum atomic E-state index is -4.38.